The van der Waals surface area contributed by atoms with Gasteiger partial charge in [-0.25, -0.2) is 4.98 Å². The first-order chi connectivity index (χ1) is 18.3. The minimum atomic E-state index is -0.955. The zero-order valence-corrected chi connectivity index (χ0v) is 20.6. The number of fused-ring (bicyclic) bond motifs is 1. The molecule has 5 rings (SSSR count). The summed E-state index contributed by atoms with van der Waals surface area (Å²) < 4.78 is 1.88. The number of aromatic nitrogens is 3. The fraction of sp³-hybridized carbons (Fsp3) is 0.250. The molecule has 0 bridgehead atoms. The molecule has 1 fully saturated rings. The molecule has 4 aromatic rings. The number of nitrogens with zero attached hydrogens (tertiary/aromatic N) is 4. The largest absolute Gasteiger partial charge is 0.378 e. The van der Waals surface area contributed by atoms with Gasteiger partial charge in [0.15, 0.2) is 0 Å². The van der Waals surface area contributed by atoms with Crippen LogP contribution in [0.1, 0.15) is 53.7 Å². The van der Waals surface area contributed by atoms with Gasteiger partial charge in [0.2, 0.25) is 5.95 Å². The number of aliphatic hydroxyl groups is 1. The van der Waals surface area contributed by atoms with Gasteiger partial charge in [-0.05, 0) is 62.1 Å². The Morgan fingerprint density at radius 1 is 1.13 bits per heavy atom. The van der Waals surface area contributed by atoms with Gasteiger partial charge in [-0.3, -0.25) is 19.5 Å². The number of anilines is 1. The van der Waals surface area contributed by atoms with Crippen LogP contribution in [0.25, 0.3) is 16.7 Å². The highest BCUT2D eigenvalue weighted by atomic mass is 16.6. The van der Waals surface area contributed by atoms with Crippen LogP contribution in [0.15, 0.2) is 60.8 Å². The molecule has 0 unspecified atom stereocenters. The molecule has 1 aliphatic carbocycles. The minimum absolute atomic E-state index is 0.0856. The van der Waals surface area contributed by atoms with Gasteiger partial charge in [0, 0.05) is 40.5 Å². The van der Waals surface area contributed by atoms with E-state index in [1.165, 1.54) is 24.3 Å². The second kappa shape index (κ2) is 10.3. The second-order valence-corrected chi connectivity index (χ2v) is 9.35. The molecule has 0 radical (unpaired) electrons. The fourth-order valence-corrected chi connectivity index (χ4v) is 4.68. The molecular weight excluding hydrogens is 484 g/mol. The molecule has 10 nitrogen and oxygen atoms in total. The molecular formula is C28H26N6O4. The maximum atomic E-state index is 12.8. The number of benzene rings is 2. The molecule has 0 saturated heterocycles. The van der Waals surface area contributed by atoms with Crippen LogP contribution in [-0.4, -0.2) is 36.1 Å². The van der Waals surface area contributed by atoms with Gasteiger partial charge in [-0.15, -0.1) is 0 Å². The molecule has 2 aromatic heterocycles. The fourth-order valence-electron chi connectivity index (χ4n) is 4.68. The number of nitro benzene ring substituents is 1. The number of non-ortho nitro benzene ring substituents is 1. The van der Waals surface area contributed by atoms with Crippen LogP contribution < -0.4 is 11.1 Å². The van der Waals surface area contributed by atoms with Gasteiger partial charge in [0.25, 0.3) is 11.6 Å². The van der Waals surface area contributed by atoms with E-state index in [-0.39, 0.29) is 24.1 Å². The predicted molar refractivity (Wildman–Crippen MR) is 142 cm³/mol. The average molecular weight is 511 g/mol. The molecule has 4 N–H and O–H groups in total. The first-order valence-electron chi connectivity index (χ1n) is 12.3. The lowest BCUT2D eigenvalue weighted by Gasteiger charge is -2.26. The number of nitrogens with one attached hydrogen (secondary N) is 1. The van der Waals surface area contributed by atoms with E-state index in [2.05, 4.69) is 27.1 Å². The number of rotatable bonds is 5. The number of amides is 1. The molecule has 2 heterocycles. The number of nitrogen functional groups attached to an aromatic ring is 1. The Kier molecular flexibility index (Phi) is 6.77. The van der Waals surface area contributed by atoms with Gasteiger partial charge in [0.1, 0.15) is 11.4 Å². The normalized spacial score (nSPS) is 14.4. The highest BCUT2D eigenvalue weighted by molar-refractivity contribution is 5.94. The summed E-state index contributed by atoms with van der Waals surface area (Å²) in [5.41, 5.74) is 7.43. The minimum Gasteiger partial charge on any atom is -0.378 e. The van der Waals surface area contributed by atoms with E-state index in [1.54, 1.807) is 12.3 Å². The maximum absolute atomic E-state index is 12.8. The third kappa shape index (κ3) is 5.33. The van der Waals surface area contributed by atoms with Crippen LogP contribution in [0.2, 0.25) is 0 Å². The lowest BCUT2D eigenvalue weighted by molar-refractivity contribution is -0.384. The Morgan fingerprint density at radius 3 is 2.61 bits per heavy atom. The van der Waals surface area contributed by atoms with Crippen molar-refractivity contribution in [1.82, 2.24) is 19.9 Å². The molecule has 0 atom stereocenters. The van der Waals surface area contributed by atoms with Gasteiger partial charge in [-0.1, -0.05) is 24.3 Å². The maximum Gasteiger partial charge on any atom is 0.269 e. The third-order valence-corrected chi connectivity index (χ3v) is 6.66. The second-order valence-electron chi connectivity index (χ2n) is 9.35. The van der Waals surface area contributed by atoms with Crippen molar-refractivity contribution < 1.29 is 14.8 Å². The number of hydrogen-bond donors (Lipinski definition) is 3. The SMILES string of the molecule is Nc1nccc(-n2c(CNC(=O)c3ccc([N+](=O)[O-])cc3)cc3ccc(C#CC4(O)CCCCC4)cc32)n1. The summed E-state index contributed by atoms with van der Waals surface area (Å²) in [5, 5.41) is 25.5. The Hall–Kier alpha value is -4.75. The Bertz CT molecular complexity index is 1580. The highest BCUT2D eigenvalue weighted by Gasteiger charge is 2.26. The molecule has 10 heteroatoms. The van der Waals surface area contributed by atoms with E-state index in [9.17, 15) is 20.0 Å². The molecule has 2 aromatic carbocycles. The van der Waals surface area contributed by atoms with Crippen molar-refractivity contribution in [1.29, 1.82) is 0 Å². The zero-order chi connectivity index (χ0) is 26.7. The number of carbonyl (C=O) groups is 1. The van der Waals surface area contributed by atoms with Gasteiger partial charge < -0.3 is 16.2 Å². The molecule has 1 amide bonds. The number of nitro groups is 1. The zero-order valence-electron chi connectivity index (χ0n) is 20.6. The van der Waals surface area contributed by atoms with Crippen LogP contribution in [0.4, 0.5) is 11.6 Å². The van der Waals surface area contributed by atoms with Crippen molar-refractivity contribution in [2.75, 3.05) is 5.73 Å². The van der Waals surface area contributed by atoms with Gasteiger partial charge in [-0.2, -0.15) is 4.98 Å². The summed E-state index contributed by atoms with van der Waals surface area (Å²) in [6.45, 7) is 0.162. The molecule has 0 aliphatic heterocycles. The summed E-state index contributed by atoms with van der Waals surface area (Å²) in [7, 11) is 0. The first kappa shape index (κ1) is 24.9. The van der Waals surface area contributed by atoms with E-state index in [4.69, 9.17) is 5.73 Å². The van der Waals surface area contributed by atoms with Crippen molar-refractivity contribution in [3.8, 4) is 17.7 Å². The standard InChI is InChI=1S/C28H26N6O4/c29-27-30-15-11-25(32-27)33-23(18-31-26(35)20-6-8-22(9-7-20)34(37)38)17-21-5-4-19(16-24(21)33)10-14-28(36)12-2-1-3-13-28/h4-9,11,15-17,36H,1-3,12-13,18H2,(H,31,35)(H2,29,30,32). The lowest BCUT2D eigenvalue weighted by atomic mass is 9.85. The Morgan fingerprint density at radius 2 is 1.89 bits per heavy atom. The average Bonchev–Trinajstić information content (AvgIpc) is 3.28. The van der Waals surface area contributed by atoms with Crippen LogP contribution >= 0.6 is 0 Å². The first-order valence-corrected chi connectivity index (χ1v) is 12.3. The number of nitrogens with two attached hydrogens (primary N) is 1. The summed E-state index contributed by atoms with van der Waals surface area (Å²) in [6, 6.07) is 14.8. The molecule has 1 saturated carbocycles. The molecule has 192 valence electrons. The topological polar surface area (TPSA) is 149 Å². The molecule has 0 spiro atoms. The van der Waals surface area contributed by atoms with Gasteiger partial charge >= 0.3 is 0 Å². The Labute approximate surface area is 218 Å². The summed E-state index contributed by atoms with van der Waals surface area (Å²) in [5.74, 6) is 6.49. The van der Waals surface area contributed by atoms with Crippen molar-refractivity contribution >= 4 is 28.4 Å². The van der Waals surface area contributed by atoms with E-state index in [0.717, 1.165) is 41.4 Å². The summed E-state index contributed by atoms with van der Waals surface area (Å²) >= 11 is 0. The van der Waals surface area contributed by atoms with Crippen LogP contribution in [0.3, 0.4) is 0 Å². The highest BCUT2D eigenvalue weighted by Crippen LogP contribution is 2.28. The Balaban J connectivity index is 1.47. The van der Waals surface area contributed by atoms with E-state index in [0.29, 0.717) is 24.2 Å². The van der Waals surface area contributed by atoms with E-state index in [1.807, 2.05) is 28.8 Å². The molecule has 1 aliphatic rings. The summed E-state index contributed by atoms with van der Waals surface area (Å²) in [4.78, 5) is 31.5. The quantitative estimate of drug-likeness (QED) is 0.209. The summed E-state index contributed by atoms with van der Waals surface area (Å²) in [6.07, 6.45) is 5.98. The van der Waals surface area contributed by atoms with Gasteiger partial charge in [0.05, 0.1) is 17.0 Å². The van der Waals surface area contributed by atoms with Crippen LogP contribution in [-0.2, 0) is 6.54 Å². The number of carbonyl (C=O) groups excluding carboxylic acids is 1. The van der Waals surface area contributed by atoms with Crippen LogP contribution in [0.5, 0.6) is 0 Å². The van der Waals surface area contributed by atoms with Crippen molar-refractivity contribution in [2.45, 2.75) is 44.2 Å². The molecule has 38 heavy (non-hydrogen) atoms. The van der Waals surface area contributed by atoms with Crippen molar-refractivity contribution in [3.63, 3.8) is 0 Å². The van der Waals surface area contributed by atoms with Crippen LogP contribution in [0, 0.1) is 22.0 Å². The van der Waals surface area contributed by atoms with Crippen molar-refractivity contribution in [2.24, 2.45) is 0 Å². The lowest BCUT2D eigenvalue weighted by Crippen LogP contribution is -2.29. The van der Waals surface area contributed by atoms with E-state index >= 15 is 0 Å². The van der Waals surface area contributed by atoms with E-state index < -0.39 is 10.5 Å². The number of hydrogen-bond acceptors (Lipinski definition) is 7. The predicted octanol–water partition coefficient (Wildman–Crippen LogP) is 3.89. The van der Waals surface area contributed by atoms with Crippen molar-refractivity contribution in [3.05, 3.63) is 87.7 Å². The third-order valence-electron chi connectivity index (χ3n) is 6.66. The monoisotopic (exact) mass is 510 g/mol. The smallest absolute Gasteiger partial charge is 0.269 e.